The molecule has 0 aliphatic carbocycles. The fourth-order valence-electron chi connectivity index (χ4n) is 1.69. The summed E-state index contributed by atoms with van der Waals surface area (Å²) < 4.78 is 10.1. The Labute approximate surface area is 99.6 Å². The van der Waals surface area contributed by atoms with E-state index in [0.29, 0.717) is 6.54 Å². The molecular weight excluding hydrogens is 218 g/mol. The molecule has 2 rings (SSSR count). The number of para-hydroxylation sites is 1. The van der Waals surface area contributed by atoms with Crippen LogP contribution in [-0.4, -0.2) is 19.1 Å². The van der Waals surface area contributed by atoms with E-state index in [1.54, 1.807) is 13.2 Å². The van der Waals surface area contributed by atoms with Crippen LogP contribution in [0.1, 0.15) is 12.5 Å². The molecule has 0 aliphatic heterocycles. The Kier molecular flexibility index (Phi) is 3.44. The fourth-order valence-corrected chi connectivity index (χ4v) is 1.69. The van der Waals surface area contributed by atoms with Crippen LogP contribution in [0.15, 0.2) is 34.9 Å². The van der Waals surface area contributed by atoms with E-state index in [4.69, 9.17) is 4.42 Å². The predicted molar refractivity (Wildman–Crippen MR) is 64.5 cm³/mol. The molecule has 0 saturated carbocycles. The first-order valence-corrected chi connectivity index (χ1v) is 5.48. The van der Waals surface area contributed by atoms with Crippen LogP contribution in [0, 0.1) is 0 Å². The maximum atomic E-state index is 11.2. The van der Waals surface area contributed by atoms with Gasteiger partial charge in [-0.05, 0) is 13.0 Å². The molecule has 1 heterocycles. The molecule has 90 valence electrons. The first kappa shape index (κ1) is 11.7. The van der Waals surface area contributed by atoms with Gasteiger partial charge in [-0.1, -0.05) is 18.2 Å². The van der Waals surface area contributed by atoms with Gasteiger partial charge in [0.15, 0.2) is 0 Å². The van der Waals surface area contributed by atoms with Crippen LogP contribution in [0.5, 0.6) is 0 Å². The SMILES string of the molecule is COC(=O)C(C)NCc1coc2ccccc12. The topological polar surface area (TPSA) is 51.5 Å². The van der Waals surface area contributed by atoms with Crippen LogP contribution in [0.3, 0.4) is 0 Å². The average molecular weight is 233 g/mol. The van der Waals surface area contributed by atoms with Gasteiger partial charge in [-0.2, -0.15) is 0 Å². The van der Waals surface area contributed by atoms with Crippen molar-refractivity contribution in [1.82, 2.24) is 5.32 Å². The Morgan fingerprint density at radius 3 is 3.00 bits per heavy atom. The van der Waals surface area contributed by atoms with Crippen molar-refractivity contribution in [2.24, 2.45) is 0 Å². The van der Waals surface area contributed by atoms with Crippen molar-refractivity contribution >= 4 is 16.9 Å². The third kappa shape index (κ3) is 2.47. The molecule has 4 nitrogen and oxygen atoms in total. The molecule has 0 radical (unpaired) electrons. The zero-order valence-electron chi connectivity index (χ0n) is 9.90. The summed E-state index contributed by atoms with van der Waals surface area (Å²) in [5.74, 6) is -0.266. The maximum Gasteiger partial charge on any atom is 0.322 e. The quantitative estimate of drug-likeness (QED) is 0.821. The lowest BCUT2D eigenvalue weighted by Gasteiger charge is -2.10. The van der Waals surface area contributed by atoms with E-state index in [9.17, 15) is 4.79 Å². The lowest BCUT2D eigenvalue weighted by molar-refractivity contribution is -0.142. The zero-order valence-corrected chi connectivity index (χ0v) is 9.90. The van der Waals surface area contributed by atoms with E-state index in [1.165, 1.54) is 7.11 Å². The van der Waals surface area contributed by atoms with Crippen LogP contribution in [0.2, 0.25) is 0 Å². The van der Waals surface area contributed by atoms with Gasteiger partial charge in [-0.3, -0.25) is 4.79 Å². The standard InChI is InChI=1S/C13H15NO3/c1-9(13(15)16-2)14-7-10-8-17-12-6-4-3-5-11(10)12/h3-6,8-9,14H,7H2,1-2H3. The van der Waals surface area contributed by atoms with E-state index in [0.717, 1.165) is 16.5 Å². The third-order valence-corrected chi connectivity index (χ3v) is 2.71. The van der Waals surface area contributed by atoms with E-state index < -0.39 is 0 Å². The average Bonchev–Trinajstić information content (AvgIpc) is 2.78. The number of rotatable bonds is 4. The highest BCUT2D eigenvalue weighted by Crippen LogP contribution is 2.20. The predicted octanol–water partition coefficient (Wildman–Crippen LogP) is 2.08. The van der Waals surface area contributed by atoms with Gasteiger partial charge in [-0.15, -0.1) is 0 Å². The molecule has 0 spiro atoms. The minimum absolute atomic E-state index is 0.266. The third-order valence-electron chi connectivity index (χ3n) is 2.71. The Bertz CT molecular complexity index is 518. The molecule has 17 heavy (non-hydrogen) atoms. The summed E-state index contributed by atoms with van der Waals surface area (Å²) in [4.78, 5) is 11.2. The number of carbonyl (C=O) groups excluding carboxylic acids is 1. The first-order chi connectivity index (χ1) is 8.22. The van der Waals surface area contributed by atoms with E-state index in [1.807, 2.05) is 24.3 Å². The molecule has 2 aromatic rings. The summed E-state index contributed by atoms with van der Waals surface area (Å²) in [6, 6.07) is 7.49. The van der Waals surface area contributed by atoms with Crippen LogP contribution in [0.4, 0.5) is 0 Å². The molecule has 0 fully saturated rings. The zero-order chi connectivity index (χ0) is 12.3. The number of hydrogen-bond acceptors (Lipinski definition) is 4. The maximum absolute atomic E-state index is 11.2. The minimum Gasteiger partial charge on any atom is -0.468 e. The molecule has 1 aromatic carbocycles. The van der Waals surface area contributed by atoms with Gasteiger partial charge < -0.3 is 14.5 Å². The van der Waals surface area contributed by atoms with Crippen LogP contribution in [0.25, 0.3) is 11.0 Å². The van der Waals surface area contributed by atoms with Crippen molar-refractivity contribution in [3.63, 3.8) is 0 Å². The number of fused-ring (bicyclic) bond motifs is 1. The number of furan rings is 1. The van der Waals surface area contributed by atoms with Crippen molar-refractivity contribution in [2.75, 3.05) is 7.11 Å². The van der Waals surface area contributed by atoms with Crippen molar-refractivity contribution in [3.8, 4) is 0 Å². The van der Waals surface area contributed by atoms with E-state index >= 15 is 0 Å². The molecule has 0 amide bonds. The van der Waals surface area contributed by atoms with Gasteiger partial charge in [0.1, 0.15) is 11.6 Å². The molecule has 0 saturated heterocycles. The van der Waals surface area contributed by atoms with Crippen molar-refractivity contribution in [2.45, 2.75) is 19.5 Å². The molecule has 1 N–H and O–H groups in total. The van der Waals surface area contributed by atoms with E-state index in [-0.39, 0.29) is 12.0 Å². The molecule has 1 aromatic heterocycles. The summed E-state index contributed by atoms with van der Waals surface area (Å²) in [5, 5.41) is 4.16. The Hall–Kier alpha value is -1.81. The number of ether oxygens (including phenoxy) is 1. The summed E-state index contributed by atoms with van der Waals surface area (Å²) >= 11 is 0. The highest BCUT2D eigenvalue weighted by molar-refractivity contribution is 5.81. The monoisotopic (exact) mass is 233 g/mol. The van der Waals surface area contributed by atoms with Gasteiger partial charge >= 0.3 is 5.97 Å². The molecule has 4 heteroatoms. The van der Waals surface area contributed by atoms with Crippen molar-refractivity contribution < 1.29 is 13.9 Å². The second kappa shape index (κ2) is 5.01. The summed E-state index contributed by atoms with van der Waals surface area (Å²) in [7, 11) is 1.38. The lowest BCUT2D eigenvalue weighted by atomic mass is 10.1. The number of carbonyl (C=O) groups is 1. The van der Waals surface area contributed by atoms with Crippen LogP contribution in [-0.2, 0) is 16.1 Å². The Morgan fingerprint density at radius 2 is 2.24 bits per heavy atom. The number of methoxy groups -OCH3 is 1. The van der Waals surface area contributed by atoms with Gasteiger partial charge in [0.05, 0.1) is 13.4 Å². The number of esters is 1. The Balaban J connectivity index is 2.07. The van der Waals surface area contributed by atoms with E-state index in [2.05, 4.69) is 10.1 Å². The van der Waals surface area contributed by atoms with Crippen LogP contribution >= 0.6 is 0 Å². The molecule has 1 atom stereocenters. The Morgan fingerprint density at radius 1 is 1.47 bits per heavy atom. The second-order valence-corrected chi connectivity index (χ2v) is 3.88. The number of nitrogens with one attached hydrogen (secondary N) is 1. The van der Waals surface area contributed by atoms with Crippen molar-refractivity contribution in [3.05, 3.63) is 36.1 Å². The minimum atomic E-state index is -0.325. The summed E-state index contributed by atoms with van der Waals surface area (Å²) in [6.45, 7) is 2.35. The summed E-state index contributed by atoms with van der Waals surface area (Å²) in [5.41, 5.74) is 1.89. The first-order valence-electron chi connectivity index (χ1n) is 5.48. The normalized spacial score (nSPS) is 12.6. The molecule has 0 aliphatic rings. The van der Waals surface area contributed by atoms with Gasteiger partial charge in [0.2, 0.25) is 0 Å². The van der Waals surface area contributed by atoms with Gasteiger partial charge in [0, 0.05) is 17.5 Å². The fraction of sp³-hybridized carbons (Fsp3) is 0.308. The van der Waals surface area contributed by atoms with Gasteiger partial charge in [0.25, 0.3) is 0 Å². The summed E-state index contributed by atoms with van der Waals surface area (Å²) in [6.07, 6.45) is 1.71. The number of hydrogen-bond donors (Lipinski definition) is 1. The lowest BCUT2D eigenvalue weighted by Crippen LogP contribution is -2.34. The largest absolute Gasteiger partial charge is 0.468 e. The highest BCUT2D eigenvalue weighted by Gasteiger charge is 2.13. The number of benzene rings is 1. The second-order valence-electron chi connectivity index (χ2n) is 3.88. The molecule has 0 bridgehead atoms. The molecular formula is C13H15NO3. The van der Waals surface area contributed by atoms with Gasteiger partial charge in [-0.25, -0.2) is 0 Å². The van der Waals surface area contributed by atoms with Crippen molar-refractivity contribution in [1.29, 1.82) is 0 Å². The van der Waals surface area contributed by atoms with Crippen LogP contribution < -0.4 is 5.32 Å². The smallest absolute Gasteiger partial charge is 0.322 e. The highest BCUT2D eigenvalue weighted by atomic mass is 16.5. The molecule has 1 unspecified atom stereocenters.